The van der Waals surface area contributed by atoms with Gasteiger partial charge in [0.05, 0.1) is 6.54 Å². The first-order valence-electron chi connectivity index (χ1n) is 8.71. The van der Waals surface area contributed by atoms with Gasteiger partial charge in [0.1, 0.15) is 5.60 Å². The molecule has 1 fully saturated rings. The molecule has 2 amide bonds. The molecule has 1 N–H and O–H groups in total. The molecule has 0 radical (unpaired) electrons. The van der Waals surface area contributed by atoms with Gasteiger partial charge in [-0.1, -0.05) is 6.07 Å². The summed E-state index contributed by atoms with van der Waals surface area (Å²) >= 11 is 0. The molecule has 1 aromatic rings. The summed E-state index contributed by atoms with van der Waals surface area (Å²) in [7, 11) is 0. The van der Waals surface area contributed by atoms with Crippen molar-refractivity contribution in [2.75, 3.05) is 38.0 Å². The van der Waals surface area contributed by atoms with Gasteiger partial charge in [0.25, 0.3) is 0 Å². The van der Waals surface area contributed by atoms with Gasteiger partial charge in [0.2, 0.25) is 5.91 Å². The van der Waals surface area contributed by atoms with Gasteiger partial charge < -0.3 is 15.0 Å². The lowest BCUT2D eigenvalue weighted by molar-refractivity contribution is -0.117. The third-order valence-corrected chi connectivity index (χ3v) is 4.18. The van der Waals surface area contributed by atoms with Crippen LogP contribution in [-0.4, -0.2) is 60.1 Å². The lowest BCUT2D eigenvalue weighted by Crippen LogP contribution is -2.51. The van der Waals surface area contributed by atoms with Crippen LogP contribution in [0.2, 0.25) is 0 Å². The lowest BCUT2D eigenvalue weighted by atomic mass is 10.1. The maximum atomic E-state index is 12.2. The van der Waals surface area contributed by atoms with Gasteiger partial charge in [-0.05, 0) is 57.9 Å². The maximum Gasteiger partial charge on any atom is 0.410 e. The zero-order chi connectivity index (χ0) is 18.6. The van der Waals surface area contributed by atoms with Crippen molar-refractivity contribution in [2.24, 2.45) is 0 Å². The average molecular weight is 347 g/mol. The Labute approximate surface area is 150 Å². The van der Waals surface area contributed by atoms with Crippen molar-refractivity contribution in [3.63, 3.8) is 0 Å². The second kappa shape index (κ2) is 7.87. The zero-order valence-corrected chi connectivity index (χ0v) is 15.9. The first-order valence-corrected chi connectivity index (χ1v) is 8.71. The Morgan fingerprint density at radius 3 is 2.28 bits per heavy atom. The minimum Gasteiger partial charge on any atom is -0.444 e. The molecular weight excluding hydrogens is 318 g/mol. The summed E-state index contributed by atoms with van der Waals surface area (Å²) in [6.07, 6.45) is -0.285. The summed E-state index contributed by atoms with van der Waals surface area (Å²) < 4.78 is 5.38. The van der Waals surface area contributed by atoms with Crippen LogP contribution in [0.4, 0.5) is 10.5 Å². The number of hydrogen-bond acceptors (Lipinski definition) is 4. The average Bonchev–Trinajstić information content (AvgIpc) is 2.50. The summed E-state index contributed by atoms with van der Waals surface area (Å²) in [4.78, 5) is 28.0. The second-order valence-electron chi connectivity index (χ2n) is 7.59. The number of ether oxygens (including phenoxy) is 1. The van der Waals surface area contributed by atoms with E-state index in [1.807, 2.05) is 52.8 Å². The number of carbonyl (C=O) groups excluding carboxylic acids is 2. The highest BCUT2D eigenvalue weighted by molar-refractivity contribution is 5.92. The molecule has 0 bridgehead atoms. The molecule has 1 aromatic carbocycles. The minimum atomic E-state index is -0.486. The fourth-order valence-electron chi connectivity index (χ4n) is 2.64. The van der Waals surface area contributed by atoms with Crippen molar-refractivity contribution in [1.82, 2.24) is 9.80 Å². The van der Waals surface area contributed by atoms with Crippen LogP contribution in [0, 0.1) is 13.8 Å². The van der Waals surface area contributed by atoms with Crippen LogP contribution in [0.25, 0.3) is 0 Å². The second-order valence-corrected chi connectivity index (χ2v) is 7.59. The molecule has 138 valence electrons. The fraction of sp³-hybridized carbons (Fsp3) is 0.579. The number of anilines is 1. The number of carbonyl (C=O) groups is 2. The van der Waals surface area contributed by atoms with Gasteiger partial charge in [-0.3, -0.25) is 9.69 Å². The Bertz CT molecular complexity index is 629. The van der Waals surface area contributed by atoms with E-state index in [4.69, 9.17) is 4.74 Å². The van der Waals surface area contributed by atoms with Gasteiger partial charge in [-0.15, -0.1) is 0 Å². The number of piperazine rings is 1. The number of nitrogens with zero attached hydrogens (tertiary/aromatic N) is 2. The van der Waals surface area contributed by atoms with E-state index in [1.54, 1.807) is 4.90 Å². The Hall–Kier alpha value is -2.08. The van der Waals surface area contributed by atoms with E-state index < -0.39 is 5.60 Å². The normalized spacial score (nSPS) is 15.8. The molecule has 0 spiro atoms. The first kappa shape index (κ1) is 19.2. The molecule has 25 heavy (non-hydrogen) atoms. The molecule has 1 aliphatic rings. The molecule has 0 aromatic heterocycles. The van der Waals surface area contributed by atoms with E-state index in [0.717, 1.165) is 11.3 Å². The zero-order valence-electron chi connectivity index (χ0n) is 15.9. The van der Waals surface area contributed by atoms with Crippen LogP contribution >= 0.6 is 0 Å². The monoisotopic (exact) mass is 347 g/mol. The third-order valence-electron chi connectivity index (χ3n) is 4.18. The third kappa shape index (κ3) is 6.05. The van der Waals surface area contributed by atoms with E-state index in [9.17, 15) is 9.59 Å². The van der Waals surface area contributed by atoms with E-state index in [1.165, 1.54) is 5.56 Å². The van der Waals surface area contributed by atoms with Crippen molar-refractivity contribution in [3.05, 3.63) is 29.3 Å². The number of aryl methyl sites for hydroxylation is 2. The number of hydrogen-bond donors (Lipinski definition) is 1. The maximum absolute atomic E-state index is 12.2. The molecule has 1 saturated heterocycles. The number of nitrogens with one attached hydrogen (secondary N) is 1. The number of amides is 2. The molecule has 6 nitrogen and oxygen atoms in total. The van der Waals surface area contributed by atoms with Gasteiger partial charge in [0, 0.05) is 31.9 Å². The van der Waals surface area contributed by atoms with Crippen LogP contribution < -0.4 is 5.32 Å². The highest BCUT2D eigenvalue weighted by Crippen LogP contribution is 2.15. The predicted molar refractivity (Wildman–Crippen MR) is 98.8 cm³/mol. The Kier molecular flexibility index (Phi) is 6.06. The summed E-state index contributed by atoms with van der Waals surface area (Å²) in [5.74, 6) is -0.0334. The Balaban J connectivity index is 1.78. The number of benzene rings is 1. The standard InChI is InChI=1S/C19H29N3O3/c1-14-6-7-16(12-15(14)2)20-17(23)13-21-8-10-22(11-9-21)18(24)25-19(3,4)5/h6-7,12H,8-11,13H2,1-5H3,(H,20,23). The van der Waals surface area contributed by atoms with E-state index in [0.29, 0.717) is 32.7 Å². The molecule has 0 saturated carbocycles. The van der Waals surface area contributed by atoms with Crippen LogP contribution in [0.1, 0.15) is 31.9 Å². The Morgan fingerprint density at radius 1 is 1.08 bits per heavy atom. The molecule has 0 aliphatic carbocycles. The SMILES string of the molecule is Cc1ccc(NC(=O)CN2CCN(C(=O)OC(C)(C)C)CC2)cc1C. The highest BCUT2D eigenvalue weighted by atomic mass is 16.6. The molecular formula is C19H29N3O3. The number of rotatable bonds is 3. The topological polar surface area (TPSA) is 61.9 Å². The fourth-order valence-corrected chi connectivity index (χ4v) is 2.64. The largest absolute Gasteiger partial charge is 0.444 e. The van der Waals surface area contributed by atoms with Gasteiger partial charge in [-0.2, -0.15) is 0 Å². The van der Waals surface area contributed by atoms with E-state index >= 15 is 0 Å². The summed E-state index contributed by atoms with van der Waals surface area (Å²) in [5, 5.41) is 2.94. The minimum absolute atomic E-state index is 0.0334. The van der Waals surface area contributed by atoms with Crippen molar-refractivity contribution in [2.45, 2.75) is 40.2 Å². The highest BCUT2D eigenvalue weighted by Gasteiger charge is 2.26. The van der Waals surface area contributed by atoms with Crippen molar-refractivity contribution in [3.8, 4) is 0 Å². The smallest absolute Gasteiger partial charge is 0.410 e. The van der Waals surface area contributed by atoms with Crippen LogP contribution in [0.3, 0.4) is 0 Å². The Morgan fingerprint density at radius 2 is 1.72 bits per heavy atom. The molecule has 1 aliphatic heterocycles. The summed E-state index contributed by atoms with van der Waals surface area (Å²) in [6.45, 7) is 12.5. The van der Waals surface area contributed by atoms with Crippen molar-refractivity contribution in [1.29, 1.82) is 0 Å². The lowest BCUT2D eigenvalue weighted by Gasteiger charge is -2.35. The molecule has 0 unspecified atom stereocenters. The predicted octanol–water partition coefficient (Wildman–Crippen LogP) is 2.79. The summed E-state index contributed by atoms with van der Waals surface area (Å²) in [5.41, 5.74) is 2.70. The summed E-state index contributed by atoms with van der Waals surface area (Å²) in [6, 6.07) is 5.90. The molecule has 2 rings (SSSR count). The molecule has 1 heterocycles. The van der Waals surface area contributed by atoms with Crippen molar-refractivity contribution >= 4 is 17.7 Å². The van der Waals surface area contributed by atoms with E-state index in [2.05, 4.69) is 10.2 Å². The van der Waals surface area contributed by atoms with Gasteiger partial charge in [0.15, 0.2) is 0 Å². The van der Waals surface area contributed by atoms with Crippen LogP contribution in [0.15, 0.2) is 18.2 Å². The van der Waals surface area contributed by atoms with E-state index in [-0.39, 0.29) is 12.0 Å². The quantitative estimate of drug-likeness (QED) is 0.913. The van der Waals surface area contributed by atoms with Crippen molar-refractivity contribution < 1.29 is 14.3 Å². The molecule has 0 atom stereocenters. The van der Waals surface area contributed by atoms with Crippen LogP contribution in [0.5, 0.6) is 0 Å². The first-order chi connectivity index (χ1) is 11.6. The van der Waals surface area contributed by atoms with Gasteiger partial charge >= 0.3 is 6.09 Å². The molecule has 6 heteroatoms. The van der Waals surface area contributed by atoms with Gasteiger partial charge in [-0.25, -0.2) is 4.79 Å². The van der Waals surface area contributed by atoms with Crippen LogP contribution in [-0.2, 0) is 9.53 Å².